The van der Waals surface area contributed by atoms with Gasteiger partial charge in [0.25, 0.3) is 0 Å². The molecule has 1 heterocycles. The molecule has 3 atom stereocenters. The third-order valence-corrected chi connectivity index (χ3v) is 6.83. The average Bonchev–Trinajstić information content (AvgIpc) is 2.92. The van der Waals surface area contributed by atoms with Crippen LogP contribution in [0.25, 0.3) is 0 Å². The second-order valence-electron chi connectivity index (χ2n) is 6.26. The van der Waals surface area contributed by atoms with E-state index in [-0.39, 0.29) is 6.04 Å². The molecule has 1 aromatic rings. The molecule has 1 aliphatic carbocycles. The summed E-state index contributed by atoms with van der Waals surface area (Å²) in [5.41, 5.74) is 0.649. The highest BCUT2D eigenvalue weighted by atomic mass is 32.2. The van der Waals surface area contributed by atoms with Crippen molar-refractivity contribution in [3.05, 3.63) is 29.8 Å². The molecule has 0 bridgehead atoms. The average molecular weight is 309 g/mol. The van der Waals surface area contributed by atoms with Crippen molar-refractivity contribution in [3.63, 3.8) is 0 Å². The number of nitrogens with zero attached hydrogens (tertiary/aromatic N) is 1. The number of aliphatic hydroxyl groups is 1. The smallest absolute Gasteiger partial charge is 0.243 e. The summed E-state index contributed by atoms with van der Waals surface area (Å²) in [6.07, 6.45) is 4.83. The molecule has 1 aliphatic heterocycles. The maximum absolute atomic E-state index is 12.9. The largest absolute Gasteiger partial charge is 0.389 e. The minimum atomic E-state index is -3.44. The zero-order chi connectivity index (χ0) is 15.0. The molecular weight excluding hydrogens is 286 g/mol. The molecule has 5 heteroatoms. The van der Waals surface area contributed by atoms with Crippen LogP contribution in [-0.2, 0) is 10.0 Å². The second-order valence-corrected chi connectivity index (χ2v) is 8.16. The first-order valence-corrected chi connectivity index (χ1v) is 9.24. The molecule has 2 aliphatic rings. The first-order chi connectivity index (χ1) is 10.00. The number of fused-ring (bicyclic) bond motifs is 1. The summed E-state index contributed by atoms with van der Waals surface area (Å²) in [6, 6.07) is 6.90. The Morgan fingerprint density at radius 1 is 1.24 bits per heavy atom. The highest BCUT2D eigenvalue weighted by Crippen LogP contribution is 2.39. The zero-order valence-electron chi connectivity index (χ0n) is 12.4. The summed E-state index contributed by atoms with van der Waals surface area (Å²) in [5.74, 6) is 0.536. The van der Waals surface area contributed by atoms with Gasteiger partial charge in [-0.05, 0) is 49.8 Å². The molecule has 0 spiro atoms. The van der Waals surface area contributed by atoms with Gasteiger partial charge in [-0.25, -0.2) is 8.42 Å². The predicted molar refractivity (Wildman–Crippen MR) is 81.3 cm³/mol. The lowest BCUT2D eigenvalue weighted by Gasteiger charge is -2.31. The van der Waals surface area contributed by atoms with Crippen LogP contribution in [0.2, 0.25) is 0 Å². The Morgan fingerprint density at radius 3 is 2.76 bits per heavy atom. The molecule has 1 aromatic carbocycles. The molecule has 1 saturated heterocycles. The lowest BCUT2D eigenvalue weighted by molar-refractivity contribution is 0.199. The monoisotopic (exact) mass is 309 g/mol. The summed E-state index contributed by atoms with van der Waals surface area (Å²) in [6.45, 7) is 2.29. The molecule has 116 valence electrons. The fraction of sp³-hybridized carbons (Fsp3) is 0.625. The van der Waals surface area contributed by atoms with Gasteiger partial charge in [-0.2, -0.15) is 4.31 Å². The summed E-state index contributed by atoms with van der Waals surface area (Å²) in [5, 5.41) is 9.66. The van der Waals surface area contributed by atoms with Gasteiger partial charge in [-0.15, -0.1) is 0 Å². The van der Waals surface area contributed by atoms with E-state index in [1.165, 1.54) is 6.42 Å². The molecule has 2 fully saturated rings. The summed E-state index contributed by atoms with van der Waals surface area (Å²) in [4.78, 5) is 0.312. The molecule has 4 nitrogen and oxygen atoms in total. The maximum atomic E-state index is 12.9. The molecule has 21 heavy (non-hydrogen) atoms. The van der Waals surface area contributed by atoms with Crippen LogP contribution < -0.4 is 0 Å². The van der Waals surface area contributed by atoms with Gasteiger partial charge in [-0.3, -0.25) is 0 Å². The zero-order valence-corrected chi connectivity index (χ0v) is 13.2. The van der Waals surface area contributed by atoms with Crippen LogP contribution >= 0.6 is 0 Å². The number of aliphatic hydroxyl groups excluding tert-OH is 1. The molecule has 3 unspecified atom stereocenters. The molecule has 1 N–H and O–H groups in total. The van der Waals surface area contributed by atoms with Gasteiger partial charge in [0.05, 0.1) is 11.0 Å². The van der Waals surface area contributed by atoms with Gasteiger partial charge in [0.15, 0.2) is 0 Å². The lowest BCUT2D eigenvalue weighted by atomic mass is 9.86. The third-order valence-electron chi connectivity index (χ3n) is 4.91. The Hall–Kier alpha value is -0.910. The SMILES string of the molecule is CC(O)c1cccc(S(=O)(=O)N2CCC3CCCCC32)c1. The van der Waals surface area contributed by atoms with Gasteiger partial charge in [0, 0.05) is 12.6 Å². The Kier molecular flexibility index (Phi) is 4.08. The summed E-state index contributed by atoms with van der Waals surface area (Å²) >= 11 is 0. The van der Waals surface area contributed by atoms with E-state index >= 15 is 0 Å². The van der Waals surface area contributed by atoms with E-state index in [4.69, 9.17) is 0 Å². The highest BCUT2D eigenvalue weighted by molar-refractivity contribution is 7.89. The van der Waals surface area contributed by atoms with Gasteiger partial charge in [-0.1, -0.05) is 25.0 Å². The minimum absolute atomic E-state index is 0.180. The first kappa shape index (κ1) is 15.0. The van der Waals surface area contributed by atoms with Crippen molar-refractivity contribution in [1.82, 2.24) is 4.31 Å². The third kappa shape index (κ3) is 2.74. The van der Waals surface area contributed by atoms with Crippen molar-refractivity contribution in [3.8, 4) is 0 Å². The Bertz CT molecular complexity index is 612. The Morgan fingerprint density at radius 2 is 2.00 bits per heavy atom. The summed E-state index contributed by atoms with van der Waals surface area (Å²) < 4.78 is 27.5. The Balaban J connectivity index is 1.91. The van der Waals surface area contributed by atoms with Crippen molar-refractivity contribution in [2.45, 2.75) is 56.1 Å². The topological polar surface area (TPSA) is 57.6 Å². The van der Waals surface area contributed by atoms with Crippen molar-refractivity contribution in [1.29, 1.82) is 0 Å². The van der Waals surface area contributed by atoms with Crippen molar-refractivity contribution >= 4 is 10.0 Å². The van der Waals surface area contributed by atoms with E-state index in [0.717, 1.165) is 25.7 Å². The van der Waals surface area contributed by atoms with Crippen LogP contribution in [0, 0.1) is 5.92 Å². The predicted octanol–water partition coefficient (Wildman–Crippen LogP) is 2.69. The number of rotatable bonds is 3. The number of sulfonamides is 1. The lowest BCUT2D eigenvalue weighted by Crippen LogP contribution is -2.39. The van der Waals surface area contributed by atoms with Crippen molar-refractivity contribution in [2.24, 2.45) is 5.92 Å². The quantitative estimate of drug-likeness (QED) is 0.934. The van der Waals surface area contributed by atoms with Crippen LogP contribution in [-0.4, -0.2) is 30.4 Å². The summed E-state index contributed by atoms with van der Waals surface area (Å²) in [7, 11) is -3.44. The molecule has 0 radical (unpaired) electrons. The highest BCUT2D eigenvalue weighted by Gasteiger charge is 2.42. The second kappa shape index (κ2) is 5.71. The van der Waals surface area contributed by atoms with Gasteiger partial charge in [0.2, 0.25) is 10.0 Å². The van der Waals surface area contributed by atoms with E-state index in [1.54, 1.807) is 35.5 Å². The van der Waals surface area contributed by atoms with E-state index < -0.39 is 16.1 Å². The van der Waals surface area contributed by atoms with E-state index in [0.29, 0.717) is 22.9 Å². The van der Waals surface area contributed by atoms with Crippen LogP contribution in [0.5, 0.6) is 0 Å². The van der Waals surface area contributed by atoms with Crippen LogP contribution in [0.3, 0.4) is 0 Å². The van der Waals surface area contributed by atoms with Gasteiger partial charge in [0.1, 0.15) is 0 Å². The fourth-order valence-corrected chi connectivity index (χ4v) is 5.52. The van der Waals surface area contributed by atoms with E-state index in [1.807, 2.05) is 0 Å². The molecular formula is C16H23NO3S. The van der Waals surface area contributed by atoms with Crippen LogP contribution in [0.1, 0.15) is 50.7 Å². The fourth-order valence-electron chi connectivity index (χ4n) is 3.73. The van der Waals surface area contributed by atoms with E-state index in [2.05, 4.69) is 0 Å². The van der Waals surface area contributed by atoms with Gasteiger partial charge >= 0.3 is 0 Å². The molecule has 0 aromatic heterocycles. The maximum Gasteiger partial charge on any atom is 0.243 e. The molecule has 1 saturated carbocycles. The number of hydrogen-bond donors (Lipinski definition) is 1. The van der Waals surface area contributed by atoms with E-state index in [9.17, 15) is 13.5 Å². The van der Waals surface area contributed by atoms with Gasteiger partial charge < -0.3 is 5.11 Å². The Labute approximate surface area is 126 Å². The standard InChI is InChI=1S/C16H23NO3S/c1-12(18)14-6-4-7-15(11-14)21(19,20)17-10-9-13-5-2-3-8-16(13)17/h4,6-7,11-13,16,18H,2-3,5,8-10H2,1H3. The van der Waals surface area contributed by atoms with Crippen molar-refractivity contribution < 1.29 is 13.5 Å². The first-order valence-electron chi connectivity index (χ1n) is 7.80. The number of hydrogen-bond acceptors (Lipinski definition) is 3. The molecule has 3 rings (SSSR count). The van der Waals surface area contributed by atoms with Crippen LogP contribution in [0.15, 0.2) is 29.2 Å². The molecule has 0 amide bonds. The minimum Gasteiger partial charge on any atom is -0.389 e. The number of benzene rings is 1. The van der Waals surface area contributed by atoms with Crippen LogP contribution in [0.4, 0.5) is 0 Å². The normalized spacial score (nSPS) is 28.3. The van der Waals surface area contributed by atoms with Crippen molar-refractivity contribution in [2.75, 3.05) is 6.54 Å².